The Labute approximate surface area is 176 Å². The van der Waals surface area contributed by atoms with E-state index in [1.807, 2.05) is 54.2 Å². The molecule has 148 valence electrons. The van der Waals surface area contributed by atoms with Crippen molar-refractivity contribution in [3.63, 3.8) is 0 Å². The maximum Gasteiger partial charge on any atom is 0.127 e. The minimum Gasteiger partial charge on any atom is -0.378 e. The number of rotatable bonds is 3. The normalized spacial score (nSPS) is 21.3. The summed E-state index contributed by atoms with van der Waals surface area (Å²) in [5, 5.41) is 19.9. The smallest absolute Gasteiger partial charge is 0.127 e. The average Bonchev–Trinajstić information content (AvgIpc) is 3.08. The van der Waals surface area contributed by atoms with Crippen LogP contribution < -0.4 is 5.32 Å². The molecule has 0 spiro atoms. The van der Waals surface area contributed by atoms with Crippen LogP contribution in [0.5, 0.6) is 0 Å². The summed E-state index contributed by atoms with van der Waals surface area (Å²) in [7, 11) is 1.93. The number of anilines is 1. The second kappa shape index (κ2) is 8.32. The Morgan fingerprint density at radius 3 is 2.79 bits per heavy atom. The first-order valence-corrected chi connectivity index (χ1v) is 10.3. The molecule has 0 radical (unpaired) electrons. The quantitative estimate of drug-likeness (QED) is 0.611. The Balaban J connectivity index is 1.47. The molecule has 0 unspecified atom stereocenters. The van der Waals surface area contributed by atoms with Crippen LogP contribution in [-0.2, 0) is 7.05 Å². The lowest BCUT2D eigenvalue weighted by Crippen LogP contribution is -2.39. The summed E-state index contributed by atoms with van der Waals surface area (Å²) in [5.74, 6) is 7.12. The topological polar surface area (TPSA) is 50.1 Å². The standard InChI is InChI=1S/C24H24ClN3O/c1-28-23(16-22(27-28)19-8-3-2-4-9-19)26-21-11-6-13-24(29,17-21)14-12-18-7-5-10-20(25)15-18/h2-5,7-10,15-16,21,26,29H,6,11,13,17H2,1H3/t21-,24+/m1/s1. The van der Waals surface area contributed by atoms with Gasteiger partial charge in [0.2, 0.25) is 0 Å². The van der Waals surface area contributed by atoms with Crippen LogP contribution in [0.4, 0.5) is 5.82 Å². The van der Waals surface area contributed by atoms with Crippen LogP contribution in [0.15, 0.2) is 60.7 Å². The predicted molar refractivity (Wildman–Crippen MR) is 118 cm³/mol. The molecule has 3 aromatic rings. The number of hydrogen-bond donors (Lipinski definition) is 2. The number of halogens is 1. The van der Waals surface area contributed by atoms with Crippen molar-refractivity contribution in [2.24, 2.45) is 7.05 Å². The third-order valence-electron chi connectivity index (χ3n) is 5.29. The summed E-state index contributed by atoms with van der Waals surface area (Å²) < 4.78 is 1.85. The summed E-state index contributed by atoms with van der Waals surface area (Å²) in [5.41, 5.74) is 1.84. The molecule has 29 heavy (non-hydrogen) atoms. The molecule has 1 aromatic heterocycles. The van der Waals surface area contributed by atoms with Gasteiger partial charge in [-0.3, -0.25) is 4.68 Å². The van der Waals surface area contributed by atoms with E-state index in [1.165, 1.54) is 0 Å². The van der Waals surface area contributed by atoms with Gasteiger partial charge in [-0.2, -0.15) is 5.10 Å². The molecule has 1 saturated carbocycles. The summed E-state index contributed by atoms with van der Waals surface area (Å²) >= 11 is 6.03. The van der Waals surface area contributed by atoms with Gasteiger partial charge in [-0.1, -0.05) is 59.8 Å². The Hall–Kier alpha value is -2.74. The lowest BCUT2D eigenvalue weighted by atomic mass is 9.82. The molecule has 2 N–H and O–H groups in total. The zero-order chi connectivity index (χ0) is 20.3. The lowest BCUT2D eigenvalue weighted by molar-refractivity contribution is 0.0560. The molecule has 0 saturated heterocycles. The number of aliphatic hydroxyl groups is 1. The van der Waals surface area contributed by atoms with Gasteiger partial charge in [-0.05, 0) is 37.5 Å². The molecule has 2 atom stereocenters. The largest absolute Gasteiger partial charge is 0.378 e. The highest BCUT2D eigenvalue weighted by Gasteiger charge is 2.33. The number of benzene rings is 2. The van der Waals surface area contributed by atoms with Gasteiger partial charge >= 0.3 is 0 Å². The first kappa shape index (κ1) is 19.6. The molecule has 0 aliphatic heterocycles. The van der Waals surface area contributed by atoms with E-state index in [0.717, 1.165) is 35.5 Å². The van der Waals surface area contributed by atoms with Gasteiger partial charge in [0.05, 0.1) is 5.69 Å². The lowest BCUT2D eigenvalue weighted by Gasteiger charge is -2.33. The molecular weight excluding hydrogens is 382 g/mol. The zero-order valence-electron chi connectivity index (χ0n) is 16.4. The average molecular weight is 406 g/mol. The summed E-state index contributed by atoms with van der Waals surface area (Å²) in [6.45, 7) is 0. The first-order valence-electron chi connectivity index (χ1n) is 9.88. The van der Waals surface area contributed by atoms with Crippen molar-refractivity contribution in [1.82, 2.24) is 9.78 Å². The molecule has 0 bridgehead atoms. The fourth-order valence-electron chi connectivity index (χ4n) is 3.81. The van der Waals surface area contributed by atoms with Gasteiger partial charge in [-0.25, -0.2) is 0 Å². The maximum absolute atomic E-state index is 11.0. The number of nitrogens with one attached hydrogen (secondary N) is 1. The molecular formula is C24H24ClN3O. The number of aryl methyl sites for hydroxylation is 1. The monoisotopic (exact) mass is 405 g/mol. The fourth-order valence-corrected chi connectivity index (χ4v) is 4.00. The Kier molecular flexibility index (Phi) is 5.62. The van der Waals surface area contributed by atoms with Crippen LogP contribution in [-0.4, -0.2) is 26.5 Å². The van der Waals surface area contributed by atoms with Crippen molar-refractivity contribution in [3.05, 3.63) is 71.2 Å². The summed E-state index contributed by atoms with van der Waals surface area (Å²) in [4.78, 5) is 0. The van der Waals surface area contributed by atoms with Crippen LogP contribution in [0.2, 0.25) is 5.02 Å². The Bertz CT molecular complexity index is 1050. The second-order valence-electron chi connectivity index (χ2n) is 7.63. The van der Waals surface area contributed by atoms with Crippen molar-refractivity contribution in [1.29, 1.82) is 0 Å². The van der Waals surface area contributed by atoms with Gasteiger partial charge in [0.15, 0.2) is 0 Å². The van der Waals surface area contributed by atoms with Crippen molar-refractivity contribution in [3.8, 4) is 23.1 Å². The molecule has 1 aliphatic carbocycles. The fraction of sp³-hybridized carbons (Fsp3) is 0.292. The van der Waals surface area contributed by atoms with Gasteiger partial charge in [0.25, 0.3) is 0 Å². The van der Waals surface area contributed by atoms with Gasteiger partial charge in [-0.15, -0.1) is 0 Å². The minimum absolute atomic E-state index is 0.140. The molecule has 4 nitrogen and oxygen atoms in total. The van der Waals surface area contributed by atoms with E-state index in [-0.39, 0.29) is 6.04 Å². The van der Waals surface area contributed by atoms with Gasteiger partial charge < -0.3 is 10.4 Å². The molecule has 1 heterocycles. The van der Waals surface area contributed by atoms with Crippen LogP contribution >= 0.6 is 11.6 Å². The maximum atomic E-state index is 11.0. The van der Waals surface area contributed by atoms with Crippen molar-refractivity contribution >= 4 is 17.4 Å². The van der Waals surface area contributed by atoms with E-state index in [2.05, 4.69) is 40.5 Å². The number of nitrogens with zero attached hydrogens (tertiary/aromatic N) is 2. The van der Waals surface area contributed by atoms with Crippen molar-refractivity contribution in [2.75, 3.05) is 5.32 Å². The van der Waals surface area contributed by atoms with Gasteiger partial charge in [0, 0.05) is 41.7 Å². The second-order valence-corrected chi connectivity index (χ2v) is 8.07. The van der Waals surface area contributed by atoms with Crippen molar-refractivity contribution < 1.29 is 5.11 Å². The van der Waals surface area contributed by atoms with Crippen LogP contribution in [0.25, 0.3) is 11.3 Å². The van der Waals surface area contributed by atoms with E-state index >= 15 is 0 Å². The van der Waals surface area contributed by atoms with E-state index < -0.39 is 5.60 Å². The molecule has 2 aromatic carbocycles. The third-order valence-corrected chi connectivity index (χ3v) is 5.53. The van der Waals surface area contributed by atoms with E-state index in [0.29, 0.717) is 17.9 Å². The highest BCUT2D eigenvalue weighted by atomic mass is 35.5. The summed E-state index contributed by atoms with van der Waals surface area (Å²) in [6, 6.07) is 19.7. The Morgan fingerprint density at radius 2 is 2.00 bits per heavy atom. The summed E-state index contributed by atoms with van der Waals surface area (Å²) in [6.07, 6.45) is 3.17. The van der Waals surface area contributed by atoms with Crippen LogP contribution in [0.1, 0.15) is 31.2 Å². The Morgan fingerprint density at radius 1 is 1.17 bits per heavy atom. The van der Waals surface area contributed by atoms with Crippen LogP contribution in [0, 0.1) is 11.8 Å². The predicted octanol–water partition coefficient (Wildman–Crippen LogP) is 4.88. The highest BCUT2D eigenvalue weighted by molar-refractivity contribution is 6.30. The van der Waals surface area contributed by atoms with E-state index in [9.17, 15) is 5.11 Å². The molecule has 1 fully saturated rings. The zero-order valence-corrected chi connectivity index (χ0v) is 17.2. The number of aromatic nitrogens is 2. The SMILES string of the molecule is Cn1nc(-c2ccccc2)cc1N[C@@H]1CCC[C@](O)(C#Cc2cccc(Cl)c2)C1. The van der Waals surface area contributed by atoms with E-state index in [1.54, 1.807) is 0 Å². The van der Waals surface area contributed by atoms with Gasteiger partial charge in [0.1, 0.15) is 11.4 Å². The number of hydrogen-bond acceptors (Lipinski definition) is 3. The van der Waals surface area contributed by atoms with E-state index in [4.69, 9.17) is 11.6 Å². The highest BCUT2D eigenvalue weighted by Crippen LogP contribution is 2.31. The third kappa shape index (κ3) is 4.82. The van der Waals surface area contributed by atoms with Crippen LogP contribution in [0.3, 0.4) is 0 Å². The molecule has 4 rings (SSSR count). The minimum atomic E-state index is -1.00. The molecule has 1 aliphatic rings. The molecule has 0 amide bonds. The molecule has 5 heteroatoms. The van der Waals surface area contributed by atoms with Crippen molar-refractivity contribution in [2.45, 2.75) is 37.3 Å². The first-order chi connectivity index (χ1) is 14.0.